The third-order valence-corrected chi connectivity index (χ3v) is 5.69. The van der Waals surface area contributed by atoms with E-state index < -0.39 is 10.0 Å². The fraction of sp³-hybridized carbons (Fsp3) is 0.500. The predicted octanol–water partition coefficient (Wildman–Crippen LogP) is 1.24. The summed E-state index contributed by atoms with van der Waals surface area (Å²) in [6.07, 6.45) is 1.72. The van der Waals surface area contributed by atoms with Gasteiger partial charge in [-0.2, -0.15) is 9.57 Å². The molecule has 1 unspecified atom stereocenters. The molecule has 1 atom stereocenters. The molecule has 0 aromatic heterocycles. The van der Waals surface area contributed by atoms with Crippen molar-refractivity contribution in [1.29, 1.82) is 5.26 Å². The lowest BCUT2D eigenvalue weighted by Gasteiger charge is -2.24. The van der Waals surface area contributed by atoms with E-state index in [0.29, 0.717) is 18.7 Å². The van der Waals surface area contributed by atoms with Gasteiger partial charge in [0.1, 0.15) is 11.0 Å². The Balaban J connectivity index is 2.46. The number of aryl methyl sites for hydroxylation is 1. The Hall–Kier alpha value is -1.42. The molecular weight excluding hydrogens is 274 g/mol. The van der Waals surface area contributed by atoms with Gasteiger partial charge in [0.05, 0.1) is 5.56 Å². The summed E-state index contributed by atoms with van der Waals surface area (Å²) in [6, 6.07) is 6.96. The van der Waals surface area contributed by atoms with Gasteiger partial charge in [0.25, 0.3) is 0 Å². The van der Waals surface area contributed by atoms with E-state index in [1.165, 1.54) is 10.4 Å². The van der Waals surface area contributed by atoms with E-state index in [0.717, 1.165) is 12.8 Å². The van der Waals surface area contributed by atoms with Gasteiger partial charge < -0.3 is 5.32 Å². The van der Waals surface area contributed by atoms with Crippen molar-refractivity contribution in [2.24, 2.45) is 0 Å². The second-order valence-corrected chi connectivity index (χ2v) is 6.89. The average Bonchev–Trinajstić information content (AvgIpc) is 2.88. The standard InChI is InChI=1S/C14H19N3O2S/c1-11-5-3-7-14(13(11)9-15)20(18,19)17-8-4-6-12(17)10-16-2/h3,5,7,12,16H,4,6,8,10H2,1-2H3. The van der Waals surface area contributed by atoms with Gasteiger partial charge in [0.2, 0.25) is 10.0 Å². The van der Waals surface area contributed by atoms with Crippen molar-refractivity contribution < 1.29 is 8.42 Å². The van der Waals surface area contributed by atoms with E-state index >= 15 is 0 Å². The minimum absolute atomic E-state index is 0.0305. The molecule has 108 valence electrons. The molecule has 6 heteroatoms. The fourth-order valence-electron chi connectivity index (χ4n) is 2.69. The molecular formula is C14H19N3O2S. The van der Waals surface area contributed by atoms with Crippen LogP contribution in [0, 0.1) is 18.3 Å². The highest BCUT2D eigenvalue weighted by Crippen LogP contribution is 2.28. The van der Waals surface area contributed by atoms with Crippen LogP contribution < -0.4 is 5.32 Å². The van der Waals surface area contributed by atoms with Crippen LogP contribution in [0.4, 0.5) is 0 Å². The topological polar surface area (TPSA) is 73.2 Å². The number of hydrogen-bond acceptors (Lipinski definition) is 4. The molecule has 1 fully saturated rings. The number of hydrogen-bond donors (Lipinski definition) is 1. The van der Waals surface area contributed by atoms with Crippen LogP contribution in [0.25, 0.3) is 0 Å². The lowest BCUT2D eigenvalue weighted by Crippen LogP contribution is -2.41. The first-order valence-electron chi connectivity index (χ1n) is 6.68. The second-order valence-electron chi connectivity index (χ2n) is 5.03. The minimum atomic E-state index is -3.60. The highest BCUT2D eigenvalue weighted by atomic mass is 32.2. The first-order valence-corrected chi connectivity index (χ1v) is 8.12. The zero-order chi connectivity index (χ0) is 14.8. The van der Waals surface area contributed by atoms with Gasteiger partial charge in [-0.15, -0.1) is 0 Å². The molecule has 1 aromatic carbocycles. The quantitative estimate of drug-likeness (QED) is 0.906. The van der Waals surface area contributed by atoms with E-state index in [9.17, 15) is 13.7 Å². The summed E-state index contributed by atoms with van der Waals surface area (Å²) in [7, 11) is -1.79. The van der Waals surface area contributed by atoms with Crippen LogP contribution in [-0.2, 0) is 10.0 Å². The summed E-state index contributed by atoms with van der Waals surface area (Å²) in [5.74, 6) is 0. The van der Waals surface area contributed by atoms with E-state index in [1.54, 1.807) is 19.1 Å². The van der Waals surface area contributed by atoms with Gasteiger partial charge in [-0.25, -0.2) is 8.42 Å². The molecule has 20 heavy (non-hydrogen) atoms. The average molecular weight is 293 g/mol. The Morgan fingerprint density at radius 3 is 2.90 bits per heavy atom. The molecule has 1 N–H and O–H groups in total. The highest BCUT2D eigenvalue weighted by molar-refractivity contribution is 7.89. The van der Waals surface area contributed by atoms with E-state index in [4.69, 9.17) is 0 Å². The molecule has 0 bridgehead atoms. The summed E-state index contributed by atoms with van der Waals surface area (Å²) < 4.78 is 27.1. The van der Waals surface area contributed by atoms with E-state index in [-0.39, 0.29) is 16.5 Å². The van der Waals surface area contributed by atoms with Crippen molar-refractivity contribution in [2.75, 3.05) is 20.1 Å². The number of nitrogens with one attached hydrogen (secondary N) is 1. The maximum atomic E-state index is 12.8. The Morgan fingerprint density at radius 2 is 2.25 bits per heavy atom. The number of sulfonamides is 1. The molecule has 1 heterocycles. The van der Waals surface area contributed by atoms with Gasteiger partial charge >= 0.3 is 0 Å². The molecule has 0 amide bonds. The van der Waals surface area contributed by atoms with Crippen LogP contribution in [0.3, 0.4) is 0 Å². The molecule has 2 rings (SSSR count). The Bertz CT molecular complexity index is 634. The van der Waals surface area contributed by atoms with E-state index in [2.05, 4.69) is 5.32 Å². The third-order valence-electron chi connectivity index (χ3n) is 3.70. The lowest BCUT2D eigenvalue weighted by atomic mass is 10.1. The Morgan fingerprint density at radius 1 is 1.50 bits per heavy atom. The summed E-state index contributed by atoms with van der Waals surface area (Å²) in [5.41, 5.74) is 0.945. The monoisotopic (exact) mass is 293 g/mol. The molecule has 1 aliphatic rings. The fourth-order valence-corrected chi connectivity index (χ4v) is 4.60. The molecule has 0 saturated carbocycles. The van der Waals surface area contributed by atoms with Gasteiger partial charge in [-0.05, 0) is 38.4 Å². The molecule has 1 aliphatic heterocycles. The van der Waals surface area contributed by atoms with Crippen molar-refractivity contribution in [3.05, 3.63) is 29.3 Å². The van der Waals surface area contributed by atoms with Crippen LogP contribution in [0.1, 0.15) is 24.0 Å². The first kappa shape index (κ1) is 15.0. The van der Waals surface area contributed by atoms with Crippen molar-refractivity contribution in [1.82, 2.24) is 9.62 Å². The van der Waals surface area contributed by atoms with Crippen molar-refractivity contribution in [3.8, 4) is 6.07 Å². The van der Waals surface area contributed by atoms with Crippen LogP contribution in [0.5, 0.6) is 0 Å². The summed E-state index contributed by atoms with van der Waals surface area (Å²) in [4.78, 5) is 0.128. The van der Waals surface area contributed by atoms with Crippen molar-refractivity contribution >= 4 is 10.0 Å². The Kier molecular flexibility index (Phi) is 4.43. The first-order chi connectivity index (χ1) is 9.52. The van der Waals surface area contributed by atoms with Crippen LogP contribution in [0.2, 0.25) is 0 Å². The van der Waals surface area contributed by atoms with Crippen molar-refractivity contribution in [2.45, 2.75) is 30.7 Å². The number of benzene rings is 1. The highest BCUT2D eigenvalue weighted by Gasteiger charge is 2.36. The summed E-state index contributed by atoms with van der Waals surface area (Å²) in [6.45, 7) is 2.91. The molecule has 0 aliphatic carbocycles. The predicted molar refractivity (Wildman–Crippen MR) is 76.7 cm³/mol. The lowest BCUT2D eigenvalue weighted by molar-refractivity contribution is 0.379. The summed E-state index contributed by atoms with van der Waals surface area (Å²) in [5, 5.41) is 12.3. The van der Waals surface area contributed by atoms with Crippen LogP contribution in [-0.4, -0.2) is 38.9 Å². The second kappa shape index (κ2) is 5.92. The number of nitrogens with zero attached hydrogens (tertiary/aromatic N) is 2. The summed E-state index contributed by atoms with van der Waals surface area (Å²) >= 11 is 0. The molecule has 0 radical (unpaired) electrons. The van der Waals surface area contributed by atoms with Gasteiger partial charge in [0.15, 0.2) is 0 Å². The van der Waals surface area contributed by atoms with Crippen LogP contribution >= 0.6 is 0 Å². The normalized spacial score (nSPS) is 19.9. The maximum Gasteiger partial charge on any atom is 0.244 e. The number of likely N-dealkylation sites (N-methyl/N-ethyl adjacent to an activating group) is 1. The maximum absolute atomic E-state index is 12.8. The third kappa shape index (κ3) is 2.57. The van der Waals surface area contributed by atoms with Gasteiger partial charge in [-0.1, -0.05) is 12.1 Å². The van der Waals surface area contributed by atoms with E-state index in [1.807, 2.05) is 13.1 Å². The Labute approximate surface area is 120 Å². The number of rotatable bonds is 4. The largest absolute Gasteiger partial charge is 0.318 e. The van der Waals surface area contributed by atoms with Crippen molar-refractivity contribution in [3.63, 3.8) is 0 Å². The number of nitriles is 1. The van der Waals surface area contributed by atoms with Crippen LogP contribution in [0.15, 0.2) is 23.1 Å². The van der Waals surface area contributed by atoms with Gasteiger partial charge in [-0.3, -0.25) is 0 Å². The minimum Gasteiger partial charge on any atom is -0.318 e. The molecule has 5 nitrogen and oxygen atoms in total. The zero-order valence-electron chi connectivity index (χ0n) is 11.8. The zero-order valence-corrected chi connectivity index (χ0v) is 12.6. The SMILES string of the molecule is CNCC1CCCN1S(=O)(=O)c1cccc(C)c1C#N. The molecule has 1 saturated heterocycles. The van der Waals surface area contributed by atoms with Gasteiger partial charge in [0, 0.05) is 19.1 Å². The smallest absolute Gasteiger partial charge is 0.244 e. The molecule has 0 spiro atoms. The molecule has 1 aromatic rings.